The molecular weight excluding hydrogens is 443 g/mol. The Bertz CT molecular complexity index is 1410. The zero-order valence-corrected chi connectivity index (χ0v) is 18.6. The minimum atomic E-state index is -1.05. The SMILES string of the molecule is O=C1[C@@H]2[C@@H](ON(c3ccccc3)[C@H]2c2ccccc2F)C(=O)N1c1cccc(-c2ccccc2)c1. The van der Waals surface area contributed by atoms with Gasteiger partial charge in [0.15, 0.2) is 6.10 Å². The van der Waals surface area contributed by atoms with Crippen molar-refractivity contribution >= 4 is 23.2 Å². The highest BCUT2D eigenvalue weighted by Crippen LogP contribution is 2.48. The fourth-order valence-corrected chi connectivity index (χ4v) is 4.95. The number of carbonyl (C=O) groups is 2. The molecule has 6 rings (SSSR count). The number of amides is 2. The predicted molar refractivity (Wildman–Crippen MR) is 131 cm³/mol. The van der Waals surface area contributed by atoms with E-state index in [2.05, 4.69) is 0 Å². The lowest BCUT2D eigenvalue weighted by atomic mass is 9.90. The lowest BCUT2D eigenvalue weighted by Gasteiger charge is -2.29. The van der Waals surface area contributed by atoms with E-state index in [0.29, 0.717) is 16.9 Å². The van der Waals surface area contributed by atoms with Gasteiger partial charge >= 0.3 is 0 Å². The van der Waals surface area contributed by atoms with Crippen LogP contribution in [0, 0.1) is 11.7 Å². The van der Waals surface area contributed by atoms with Crippen LogP contribution in [0.2, 0.25) is 0 Å². The molecule has 2 aliphatic rings. The van der Waals surface area contributed by atoms with Crippen molar-refractivity contribution < 1.29 is 18.8 Å². The molecule has 0 unspecified atom stereocenters. The summed E-state index contributed by atoms with van der Waals surface area (Å²) in [6.07, 6.45) is -1.05. The molecule has 172 valence electrons. The molecule has 0 bridgehead atoms. The quantitative estimate of drug-likeness (QED) is 0.372. The summed E-state index contributed by atoms with van der Waals surface area (Å²) >= 11 is 0. The molecule has 5 nitrogen and oxygen atoms in total. The second-order valence-electron chi connectivity index (χ2n) is 8.61. The zero-order valence-electron chi connectivity index (χ0n) is 18.6. The van der Waals surface area contributed by atoms with Crippen LogP contribution < -0.4 is 9.96 Å². The molecule has 4 aromatic rings. The third-order valence-corrected chi connectivity index (χ3v) is 6.56. The molecule has 0 spiro atoms. The van der Waals surface area contributed by atoms with Crippen LogP contribution in [0.15, 0.2) is 109 Å². The number of para-hydroxylation sites is 1. The molecule has 2 amide bonds. The highest BCUT2D eigenvalue weighted by atomic mass is 19.1. The van der Waals surface area contributed by atoms with Crippen molar-refractivity contribution in [3.8, 4) is 11.1 Å². The number of anilines is 2. The molecule has 0 radical (unpaired) electrons. The van der Waals surface area contributed by atoms with Crippen molar-refractivity contribution in [3.63, 3.8) is 0 Å². The Balaban J connectivity index is 1.41. The molecule has 2 saturated heterocycles. The molecule has 0 aliphatic carbocycles. The smallest absolute Gasteiger partial charge is 0.266 e. The van der Waals surface area contributed by atoms with Gasteiger partial charge in [-0.2, -0.15) is 0 Å². The summed E-state index contributed by atoms with van der Waals surface area (Å²) < 4.78 is 15.0. The lowest BCUT2D eigenvalue weighted by molar-refractivity contribution is -0.126. The van der Waals surface area contributed by atoms with E-state index < -0.39 is 35.7 Å². The molecule has 6 heteroatoms. The van der Waals surface area contributed by atoms with Crippen LogP contribution in [0.1, 0.15) is 11.6 Å². The summed E-state index contributed by atoms with van der Waals surface area (Å²) in [7, 11) is 0. The number of nitrogens with zero attached hydrogens (tertiary/aromatic N) is 2. The Morgan fingerprint density at radius 2 is 1.29 bits per heavy atom. The largest absolute Gasteiger partial charge is 0.273 e. The van der Waals surface area contributed by atoms with Crippen LogP contribution in [0.5, 0.6) is 0 Å². The summed E-state index contributed by atoms with van der Waals surface area (Å²) in [5.74, 6) is -2.20. The van der Waals surface area contributed by atoms with Gasteiger partial charge in [0.25, 0.3) is 5.91 Å². The fourth-order valence-electron chi connectivity index (χ4n) is 4.95. The van der Waals surface area contributed by atoms with Gasteiger partial charge in [0, 0.05) is 5.56 Å². The van der Waals surface area contributed by atoms with E-state index in [9.17, 15) is 14.0 Å². The maximum Gasteiger partial charge on any atom is 0.266 e. The van der Waals surface area contributed by atoms with Gasteiger partial charge in [0.2, 0.25) is 5.91 Å². The Kier molecular flexibility index (Phi) is 5.16. The summed E-state index contributed by atoms with van der Waals surface area (Å²) in [4.78, 5) is 34.6. The molecule has 0 saturated carbocycles. The van der Waals surface area contributed by atoms with E-state index in [1.54, 1.807) is 24.3 Å². The molecule has 3 atom stereocenters. The normalized spacial score (nSPS) is 21.5. The number of halogens is 1. The maximum atomic E-state index is 15.0. The van der Waals surface area contributed by atoms with E-state index in [-0.39, 0.29) is 0 Å². The lowest BCUT2D eigenvalue weighted by Crippen LogP contribution is -2.37. The Hall–Kier alpha value is -4.29. The van der Waals surface area contributed by atoms with E-state index in [1.165, 1.54) is 16.0 Å². The van der Waals surface area contributed by atoms with Gasteiger partial charge in [-0.1, -0.05) is 78.9 Å². The number of hydrogen-bond donors (Lipinski definition) is 0. The second-order valence-corrected chi connectivity index (χ2v) is 8.61. The van der Waals surface area contributed by atoms with Crippen LogP contribution in [0.3, 0.4) is 0 Å². The number of benzene rings is 4. The second kappa shape index (κ2) is 8.49. The van der Waals surface area contributed by atoms with Gasteiger partial charge in [-0.25, -0.2) is 14.4 Å². The Labute approximate surface area is 201 Å². The molecule has 35 heavy (non-hydrogen) atoms. The van der Waals surface area contributed by atoms with Crippen molar-refractivity contribution in [2.24, 2.45) is 5.92 Å². The Morgan fingerprint density at radius 3 is 2.03 bits per heavy atom. The van der Waals surface area contributed by atoms with Crippen LogP contribution >= 0.6 is 0 Å². The number of fused-ring (bicyclic) bond motifs is 1. The first-order valence-corrected chi connectivity index (χ1v) is 11.4. The van der Waals surface area contributed by atoms with E-state index in [1.807, 2.05) is 78.9 Å². The first-order valence-electron chi connectivity index (χ1n) is 11.4. The highest BCUT2D eigenvalue weighted by molar-refractivity contribution is 6.24. The first kappa shape index (κ1) is 21.3. The standard InChI is InChI=1S/C29H21FN2O3/c30-24-17-8-7-16-23(24)26-25-27(35-32(26)21-13-5-2-6-14-21)29(34)31(28(25)33)22-15-9-12-20(18-22)19-10-3-1-4-11-19/h1-18,25-27H/t25-,26-,27+/m0/s1. The minimum Gasteiger partial charge on any atom is -0.273 e. The van der Waals surface area contributed by atoms with Gasteiger partial charge in [-0.15, -0.1) is 0 Å². The number of imide groups is 1. The summed E-state index contributed by atoms with van der Waals surface area (Å²) in [6, 6.07) is 31.7. The van der Waals surface area contributed by atoms with Crippen molar-refractivity contribution in [2.75, 3.05) is 9.96 Å². The maximum absolute atomic E-state index is 15.0. The predicted octanol–water partition coefficient (Wildman–Crippen LogP) is 5.54. The van der Waals surface area contributed by atoms with Crippen molar-refractivity contribution in [1.29, 1.82) is 0 Å². The monoisotopic (exact) mass is 464 g/mol. The van der Waals surface area contributed by atoms with Crippen LogP contribution in [0.4, 0.5) is 15.8 Å². The third kappa shape index (κ3) is 3.50. The van der Waals surface area contributed by atoms with Crippen molar-refractivity contribution in [1.82, 2.24) is 0 Å². The molecule has 4 aromatic carbocycles. The van der Waals surface area contributed by atoms with Gasteiger partial charge in [-0.3, -0.25) is 14.4 Å². The average Bonchev–Trinajstić information content (AvgIpc) is 3.41. The summed E-state index contributed by atoms with van der Waals surface area (Å²) in [5.41, 5.74) is 3.29. The minimum absolute atomic E-state index is 0.310. The Morgan fingerprint density at radius 1 is 0.657 bits per heavy atom. The van der Waals surface area contributed by atoms with E-state index >= 15 is 0 Å². The molecule has 2 aliphatic heterocycles. The van der Waals surface area contributed by atoms with Gasteiger partial charge < -0.3 is 0 Å². The van der Waals surface area contributed by atoms with E-state index in [4.69, 9.17) is 4.84 Å². The van der Waals surface area contributed by atoms with Crippen LogP contribution in [-0.2, 0) is 14.4 Å². The first-order chi connectivity index (χ1) is 17.1. The number of rotatable bonds is 4. The van der Waals surface area contributed by atoms with Crippen LogP contribution in [-0.4, -0.2) is 17.9 Å². The number of hydrogen-bond acceptors (Lipinski definition) is 4. The van der Waals surface area contributed by atoms with Gasteiger partial charge in [-0.05, 0) is 41.5 Å². The molecule has 0 N–H and O–H groups in total. The fraction of sp³-hybridized carbons (Fsp3) is 0.103. The summed E-state index contributed by atoms with van der Waals surface area (Å²) in [5, 5.41) is 1.50. The molecule has 2 fully saturated rings. The molecule has 0 aromatic heterocycles. The number of hydroxylamine groups is 1. The van der Waals surface area contributed by atoms with Gasteiger partial charge in [0.05, 0.1) is 17.4 Å². The topological polar surface area (TPSA) is 49.9 Å². The van der Waals surface area contributed by atoms with Crippen LogP contribution in [0.25, 0.3) is 11.1 Å². The molecular formula is C29H21FN2O3. The number of carbonyl (C=O) groups excluding carboxylic acids is 2. The van der Waals surface area contributed by atoms with Crippen molar-refractivity contribution in [3.05, 3.63) is 121 Å². The van der Waals surface area contributed by atoms with Crippen molar-refractivity contribution in [2.45, 2.75) is 12.1 Å². The van der Waals surface area contributed by atoms with E-state index in [0.717, 1.165) is 11.1 Å². The third-order valence-electron chi connectivity index (χ3n) is 6.56. The molecule has 2 heterocycles. The average molecular weight is 464 g/mol. The summed E-state index contributed by atoms with van der Waals surface area (Å²) in [6.45, 7) is 0. The highest BCUT2D eigenvalue weighted by Gasteiger charge is 2.60. The van der Waals surface area contributed by atoms with Gasteiger partial charge in [0.1, 0.15) is 11.7 Å². The zero-order chi connectivity index (χ0) is 23.9.